The number of pyridine rings is 1. The van der Waals surface area contributed by atoms with Crippen LogP contribution < -0.4 is 5.56 Å². The van der Waals surface area contributed by atoms with Crippen molar-refractivity contribution in [3.8, 4) is 11.3 Å². The molecule has 2 aromatic heterocycles. The first kappa shape index (κ1) is 17.5. The maximum atomic E-state index is 13.3. The maximum Gasteiger partial charge on any atom is 0.266 e. The molecule has 138 valence electrons. The molecule has 1 fully saturated rings. The van der Waals surface area contributed by atoms with Crippen molar-refractivity contribution >= 4 is 0 Å². The number of hydrogen-bond donors (Lipinski definition) is 0. The van der Waals surface area contributed by atoms with Crippen LogP contribution in [0, 0.1) is 17.6 Å². The Morgan fingerprint density at radius 3 is 2.41 bits per heavy atom. The zero-order chi connectivity index (χ0) is 18.8. The lowest BCUT2D eigenvalue weighted by molar-refractivity contribution is 0.0765. The lowest BCUT2D eigenvalue weighted by Gasteiger charge is -2.39. The van der Waals surface area contributed by atoms with Crippen LogP contribution in [-0.4, -0.2) is 32.8 Å². The largest absolute Gasteiger partial charge is 0.298 e. The van der Waals surface area contributed by atoms with Gasteiger partial charge in [0.2, 0.25) is 0 Å². The standard InChI is InChI=1S/C20H18F2N4O/c21-17-7-14(8-18(22)9-17)10-25-11-15(12-25)13-26-20(27)2-1-19(24-26)16-3-5-23-6-4-16/h1-9,15H,10-13H2. The summed E-state index contributed by atoms with van der Waals surface area (Å²) in [6.45, 7) is 2.52. The van der Waals surface area contributed by atoms with E-state index in [1.165, 1.54) is 22.9 Å². The van der Waals surface area contributed by atoms with Crippen molar-refractivity contribution in [1.29, 1.82) is 0 Å². The van der Waals surface area contributed by atoms with E-state index in [1.807, 2.05) is 12.1 Å². The molecule has 27 heavy (non-hydrogen) atoms. The molecule has 0 bridgehead atoms. The Kier molecular flexibility index (Phi) is 4.77. The minimum atomic E-state index is -0.564. The van der Waals surface area contributed by atoms with E-state index in [0.717, 1.165) is 30.4 Å². The van der Waals surface area contributed by atoms with E-state index >= 15 is 0 Å². The fourth-order valence-electron chi connectivity index (χ4n) is 3.38. The SMILES string of the molecule is O=c1ccc(-c2ccncc2)nn1CC1CN(Cc2cc(F)cc(F)c2)C1. The van der Waals surface area contributed by atoms with E-state index in [9.17, 15) is 13.6 Å². The van der Waals surface area contributed by atoms with Crippen molar-refractivity contribution in [3.05, 3.63) is 82.4 Å². The zero-order valence-electron chi connectivity index (χ0n) is 14.6. The summed E-state index contributed by atoms with van der Waals surface area (Å²) < 4.78 is 28.0. The molecule has 1 aromatic carbocycles. The van der Waals surface area contributed by atoms with Crippen molar-refractivity contribution < 1.29 is 8.78 Å². The number of aromatic nitrogens is 3. The molecule has 7 heteroatoms. The predicted molar refractivity (Wildman–Crippen MR) is 96.9 cm³/mol. The second-order valence-corrected chi connectivity index (χ2v) is 6.81. The molecular formula is C20H18F2N4O. The van der Waals surface area contributed by atoms with E-state index < -0.39 is 11.6 Å². The van der Waals surface area contributed by atoms with Gasteiger partial charge in [0.05, 0.1) is 12.2 Å². The van der Waals surface area contributed by atoms with Crippen molar-refractivity contribution in [2.45, 2.75) is 13.1 Å². The second-order valence-electron chi connectivity index (χ2n) is 6.81. The fraction of sp³-hybridized carbons (Fsp3) is 0.250. The minimum Gasteiger partial charge on any atom is -0.298 e. The molecule has 4 rings (SSSR count). The molecule has 3 heterocycles. The van der Waals surface area contributed by atoms with Crippen molar-refractivity contribution in [3.63, 3.8) is 0 Å². The third-order valence-electron chi connectivity index (χ3n) is 4.64. The third-order valence-corrected chi connectivity index (χ3v) is 4.64. The molecule has 1 aliphatic heterocycles. The van der Waals surface area contributed by atoms with Gasteiger partial charge in [-0.25, -0.2) is 13.5 Å². The Labute approximate surface area is 154 Å². The fourth-order valence-corrected chi connectivity index (χ4v) is 3.38. The van der Waals surface area contributed by atoms with Crippen LogP contribution >= 0.6 is 0 Å². The highest BCUT2D eigenvalue weighted by atomic mass is 19.1. The molecule has 0 spiro atoms. The van der Waals surface area contributed by atoms with Crippen LogP contribution in [0.3, 0.4) is 0 Å². The number of rotatable bonds is 5. The number of halogens is 2. The molecule has 0 unspecified atom stereocenters. The quantitative estimate of drug-likeness (QED) is 0.695. The molecule has 5 nitrogen and oxygen atoms in total. The van der Waals surface area contributed by atoms with Gasteiger partial charge >= 0.3 is 0 Å². The van der Waals surface area contributed by atoms with E-state index in [0.29, 0.717) is 18.7 Å². The van der Waals surface area contributed by atoms with Gasteiger partial charge in [0.1, 0.15) is 11.6 Å². The van der Waals surface area contributed by atoms with E-state index in [-0.39, 0.29) is 11.5 Å². The van der Waals surface area contributed by atoms with Crippen LogP contribution in [0.1, 0.15) is 5.56 Å². The molecule has 1 saturated heterocycles. The molecule has 0 radical (unpaired) electrons. The van der Waals surface area contributed by atoms with Gasteiger partial charge in [-0.1, -0.05) is 0 Å². The summed E-state index contributed by atoms with van der Waals surface area (Å²) in [6.07, 6.45) is 3.37. The van der Waals surface area contributed by atoms with Crippen LogP contribution in [0.5, 0.6) is 0 Å². The van der Waals surface area contributed by atoms with Gasteiger partial charge in [-0.15, -0.1) is 0 Å². The number of benzene rings is 1. The second kappa shape index (κ2) is 7.36. The maximum absolute atomic E-state index is 13.3. The molecular weight excluding hydrogens is 350 g/mol. The summed E-state index contributed by atoms with van der Waals surface area (Å²) in [6, 6.07) is 10.5. The summed E-state index contributed by atoms with van der Waals surface area (Å²) in [7, 11) is 0. The van der Waals surface area contributed by atoms with Gasteiger partial charge in [0.15, 0.2) is 0 Å². The number of hydrogen-bond acceptors (Lipinski definition) is 4. The number of likely N-dealkylation sites (tertiary alicyclic amines) is 1. The van der Waals surface area contributed by atoms with Crippen molar-refractivity contribution in [2.75, 3.05) is 13.1 Å². The van der Waals surface area contributed by atoms with Gasteiger partial charge in [-0.3, -0.25) is 14.7 Å². The first-order valence-corrected chi connectivity index (χ1v) is 8.73. The van der Waals surface area contributed by atoms with Crippen LogP contribution in [0.4, 0.5) is 8.78 Å². The van der Waals surface area contributed by atoms with Gasteiger partial charge < -0.3 is 0 Å². The van der Waals surface area contributed by atoms with Crippen LogP contribution in [0.2, 0.25) is 0 Å². The molecule has 0 amide bonds. The van der Waals surface area contributed by atoms with Crippen molar-refractivity contribution in [2.24, 2.45) is 5.92 Å². The van der Waals surface area contributed by atoms with Gasteiger partial charge in [0, 0.05) is 55.6 Å². The summed E-state index contributed by atoms with van der Waals surface area (Å²) in [5.74, 6) is -0.849. The molecule has 3 aromatic rings. The van der Waals surface area contributed by atoms with Crippen LogP contribution in [0.25, 0.3) is 11.3 Å². The Morgan fingerprint density at radius 2 is 1.70 bits per heavy atom. The Morgan fingerprint density at radius 1 is 1.00 bits per heavy atom. The monoisotopic (exact) mass is 368 g/mol. The molecule has 0 atom stereocenters. The third kappa shape index (κ3) is 4.09. The molecule has 0 N–H and O–H groups in total. The minimum absolute atomic E-state index is 0.140. The van der Waals surface area contributed by atoms with Crippen LogP contribution in [0.15, 0.2) is 59.7 Å². The lowest BCUT2D eigenvalue weighted by atomic mass is 9.99. The first-order chi connectivity index (χ1) is 13.1. The lowest BCUT2D eigenvalue weighted by Crippen LogP contribution is -2.48. The summed E-state index contributed by atoms with van der Waals surface area (Å²) in [5.41, 5.74) is 2.10. The summed E-state index contributed by atoms with van der Waals surface area (Å²) in [4.78, 5) is 18.2. The topological polar surface area (TPSA) is 51.0 Å². The Hall–Kier alpha value is -2.93. The van der Waals surface area contributed by atoms with Crippen molar-refractivity contribution in [1.82, 2.24) is 19.7 Å². The van der Waals surface area contributed by atoms with Gasteiger partial charge in [-0.05, 0) is 35.9 Å². The summed E-state index contributed by atoms with van der Waals surface area (Å²) >= 11 is 0. The Bertz CT molecular complexity index is 980. The van der Waals surface area contributed by atoms with E-state index in [4.69, 9.17) is 0 Å². The van der Waals surface area contributed by atoms with E-state index in [1.54, 1.807) is 18.5 Å². The highest BCUT2D eigenvalue weighted by Crippen LogP contribution is 2.21. The summed E-state index contributed by atoms with van der Waals surface area (Å²) in [5, 5.41) is 4.46. The normalized spacial score (nSPS) is 14.9. The highest BCUT2D eigenvalue weighted by Gasteiger charge is 2.27. The van der Waals surface area contributed by atoms with Crippen LogP contribution in [-0.2, 0) is 13.1 Å². The van der Waals surface area contributed by atoms with Gasteiger partial charge in [0.25, 0.3) is 5.56 Å². The van der Waals surface area contributed by atoms with E-state index in [2.05, 4.69) is 15.0 Å². The average molecular weight is 368 g/mol. The zero-order valence-corrected chi connectivity index (χ0v) is 14.6. The molecule has 0 saturated carbocycles. The highest BCUT2D eigenvalue weighted by molar-refractivity contribution is 5.56. The average Bonchev–Trinajstić information content (AvgIpc) is 2.61. The Balaban J connectivity index is 1.39. The molecule has 0 aliphatic carbocycles. The smallest absolute Gasteiger partial charge is 0.266 e. The van der Waals surface area contributed by atoms with Gasteiger partial charge in [-0.2, -0.15) is 5.10 Å². The number of nitrogens with zero attached hydrogens (tertiary/aromatic N) is 4. The predicted octanol–water partition coefficient (Wildman–Crippen LogP) is 2.72. The molecule has 1 aliphatic rings. The first-order valence-electron chi connectivity index (χ1n) is 8.73.